The van der Waals surface area contributed by atoms with Gasteiger partial charge in [-0.2, -0.15) is 0 Å². The van der Waals surface area contributed by atoms with E-state index >= 15 is 0 Å². The highest BCUT2D eigenvalue weighted by atomic mass is 16.4. The molecule has 0 atom stereocenters. The molecule has 0 saturated carbocycles. The third kappa shape index (κ3) is 3.45. The first-order valence-electron chi connectivity index (χ1n) is 5.89. The first kappa shape index (κ1) is 12.9. The number of aliphatic carboxylic acids is 1. The van der Waals surface area contributed by atoms with Crippen LogP contribution in [0.1, 0.15) is 16.9 Å². The first-order chi connectivity index (χ1) is 9.16. The van der Waals surface area contributed by atoms with Crippen LogP contribution in [0.15, 0.2) is 65.3 Å². The zero-order valence-corrected chi connectivity index (χ0v) is 10.5. The van der Waals surface area contributed by atoms with Gasteiger partial charge in [0.1, 0.15) is 5.76 Å². The van der Waals surface area contributed by atoms with Gasteiger partial charge in [-0.1, -0.05) is 42.0 Å². The van der Waals surface area contributed by atoms with Gasteiger partial charge >= 0.3 is 5.97 Å². The summed E-state index contributed by atoms with van der Waals surface area (Å²) in [6.45, 7) is 2.02. The molecule has 0 aliphatic rings. The molecule has 1 heterocycles. The number of carbonyl (C=O) groups is 1. The van der Waals surface area contributed by atoms with E-state index in [-0.39, 0.29) is 0 Å². The van der Waals surface area contributed by atoms with E-state index in [1.54, 1.807) is 18.4 Å². The monoisotopic (exact) mass is 254 g/mol. The molecular formula is C16H14O3. The largest absolute Gasteiger partial charge is 0.478 e. The first-order valence-corrected chi connectivity index (χ1v) is 5.89. The highest BCUT2D eigenvalue weighted by molar-refractivity contribution is 5.82. The lowest BCUT2D eigenvalue weighted by molar-refractivity contribution is -0.131. The van der Waals surface area contributed by atoms with Crippen molar-refractivity contribution in [2.24, 2.45) is 0 Å². The third-order valence-electron chi connectivity index (χ3n) is 2.65. The van der Waals surface area contributed by atoms with E-state index in [1.165, 1.54) is 11.6 Å². The highest BCUT2D eigenvalue weighted by Gasteiger charge is 2.06. The molecule has 0 aliphatic carbocycles. The van der Waals surface area contributed by atoms with Crippen molar-refractivity contribution in [1.82, 2.24) is 0 Å². The second-order valence-electron chi connectivity index (χ2n) is 4.12. The third-order valence-corrected chi connectivity index (χ3v) is 2.65. The number of carboxylic acid groups (broad SMARTS) is 1. The summed E-state index contributed by atoms with van der Waals surface area (Å²) in [5, 5.41) is 8.62. The van der Waals surface area contributed by atoms with Crippen molar-refractivity contribution >= 4 is 11.5 Å². The number of carboxylic acids is 1. The maximum atomic E-state index is 10.5. The van der Waals surface area contributed by atoms with E-state index in [0.717, 1.165) is 17.2 Å². The zero-order valence-electron chi connectivity index (χ0n) is 10.5. The summed E-state index contributed by atoms with van der Waals surface area (Å²) in [4.78, 5) is 10.5. The highest BCUT2D eigenvalue weighted by Crippen LogP contribution is 2.24. The Morgan fingerprint density at radius 2 is 1.95 bits per heavy atom. The summed E-state index contributed by atoms with van der Waals surface area (Å²) in [7, 11) is 0. The Morgan fingerprint density at radius 1 is 1.21 bits per heavy atom. The molecule has 0 unspecified atom stereocenters. The number of rotatable bonds is 4. The standard InChI is InChI=1S/C16H14O3/c1-12-7-9-13(10-8-12)14(4-2-6-16(17)18)15-5-3-11-19-15/h2-11H,1H3,(H,17,18). The molecule has 1 N–H and O–H groups in total. The van der Waals surface area contributed by atoms with Crippen molar-refractivity contribution in [3.8, 4) is 0 Å². The van der Waals surface area contributed by atoms with Crippen molar-refractivity contribution < 1.29 is 14.3 Å². The van der Waals surface area contributed by atoms with E-state index in [9.17, 15) is 4.79 Å². The molecule has 1 aromatic carbocycles. The number of allylic oxidation sites excluding steroid dienone is 2. The van der Waals surface area contributed by atoms with Crippen LogP contribution in [0, 0.1) is 6.92 Å². The molecular weight excluding hydrogens is 240 g/mol. The molecule has 0 fully saturated rings. The Balaban J connectivity index is 2.40. The molecule has 0 bridgehead atoms. The fourth-order valence-electron chi connectivity index (χ4n) is 1.71. The second-order valence-corrected chi connectivity index (χ2v) is 4.12. The van der Waals surface area contributed by atoms with E-state index < -0.39 is 5.97 Å². The fourth-order valence-corrected chi connectivity index (χ4v) is 1.71. The van der Waals surface area contributed by atoms with E-state index in [1.807, 2.05) is 37.3 Å². The molecule has 0 radical (unpaired) electrons. The van der Waals surface area contributed by atoms with Crippen LogP contribution in [0.3, 0.4) is 0 Å². The molecule has 2 rings (SSSR count). The van der Waals surface area contributed by atoms with Crippen LogP contribution >= 0.6 is 0 Å². The zero-order chi connectivity index (χ0) is 13.7. The van der Waals surface area contributed by atoms with Gasteiger partial charge in [-0.05, 0) is 24.6 Å². The Kier molecular flexibility index (Phi) is 3.98. The molecule has 1 aromatic heterocycles. The summed E-state index contributed by atoms with van der Waals surface area (Å²) in [6, 6.07) is 11.6. The van der Waals surface area contributed by atoms with Gasteiger partial charge in [-0.15, -0.1) is 0 Å². The lowest BCUT2D eigenvalue weighted by Gasteiger charge is -2.04. The van der Waals surface area contributed by atoms with Gasteiger partial charge in [0.25, 0.3) is 0 Å². The molecule has 0 aliphatic heterocycles. The van der Waals surface area contributed by atoms with Gasteiger partial charge in [0.2, 0.25) is 0 Å². The van der Waals surface area contributed by atoms with Crippen molar-refractivity contribution in [1.29, 1.82) is 0 Å². The maximum Gasteiger partial charge on any atom is 0.328 e. The summed E-state index contributed by atoms with van der Waals surface area (Å²) in [5.41, 5.74) is 3.00. The van der Waals surface area contributed by atoms with Gasteiger partial charge in [-0.25, -0.2) is 4.79 Å². The van der Waals surface area contributed by atoms with Gasteiger partial charge in [0.05, 0.1) is 6.26 Å². The molecule has 96 valence electrons. The van der Waals surface area contributed by atoms with Crippen LogP contribution in [0.2, 0.25) is 0 Å². The topological polar surface area (TPSA) is 50.4 Å². The van der Waals surface area contributed by atoms with Crippen LogP contribution in [0.25, 0.3) is 5.57 Å². The molecule has 0 spiro atoms. The van der Waals surface area contributed by atoms with Gasteiger partial charge in [0, 0.05) is 11.6 Å². The van der Waals surface area contributed by atoms with Crippen LogP contribution < -0.4 is 0 Å². The van der Waals surface area contributed by atoms with Crippen LogP contribution in [0.4, 0.5) is 0 Å². The fraction of sp³-hybridized carbons (Fsp3) is 0.0625. The number of hydrogen-bond donors (Lipinski definition) is 1. The lowest BCUT2D eigenvalue weighted by Crippen LogP contribution is -1.87. The van der Waals surface area contributed by atoms with E-state index in [4.69, 9.17) is 9.52 Å². The van der Waals surface area contributed by atoms with Gasteiger partial charge < -0.3 is 9.52 Å². The number of hydrogen-bond acceptors (Lipinski definition) is 2. The van der Waals surface area contributed by atoms with Crippen LogP contribution in [-0.2, 0) is 4.79 Å². The minimum absolute atomic E-state index is 0.707. The van der Waals surface area contributed by atoms with Crippen molar-refractivity contribution in [3.05, 3.63) is 77.8 Å². The summed E-state index contributed by atoms with van der Waals surface area (Å²) < 4.78 is 5.39. The van der Waals surface area contributed by atoms with Crippen molar-refractivity contribution in [2.45, 2.75) is 6.92 Å². The number of aryl methyl sites for hydroxylation is 1. The average molecular weight is 254 g/mol. The SMILES string of the molecule is Cc1ccc(C(=CC=CC(=O)O)c2ccco2)cc1. The smallest absolute Gasteiger partial charge is 0.328 e. The van der Waals surface area contributed by atoms with Crippen molar-refractivity contribution in [2.75, 3.05) is 0 Å². The molecule has 3 nitrogen and oxygen atoms in total. The molecule has 2 aromatic rings. The molecule has 0 saturated heterocycles. The number of furan rings is 1. The van der Waals surface area contributed by atoms with Gasteiger partial charge in [0.15, 0.2) is 0 Å². The summed E-state index contributed by atoms with van der Waals surface area (Å²) in [6.07, 6.45) is 5.92. The van der Waals surface area contributed by atoms with E-state index in [2.05, 4.69) is 0 Å². The number of benzene rings is 1. The normalized spacial score (nSPS) is 11.9. The minimum Gasteiger partial charge on any atom is -0.478 e. The maximum absolute atomic E-state index is 10.5. The molecule has 0 amide bonds. The van der Waals surface area contributed by atoms with Crippen LogP contribution in [-0.4, -0.2) is 11.1 Å². The Bertz CT molecular complexity index is 602. The Morgan fingerprint density at radius 3 is 2.53 bits per heavy atom. The Hall–Kier alpha value is -2.55. The summed E-state index contributed by atoms with van der Waals surface area (Å²) >= 11 is 0. The average Bonchev–Trinajstić information content (AvgIpc) is 2.89. The van der Waals surface area contributed by atoms with Gasteiger partial charge in [-0.3, -0.25) is 0 Å². The predicted octanol–water partition coefficient (Wildman–Crippen LogP) is 3.66. The van der Waals surface area contributed by atoms with Crippen molar-refractivity contribution in [3.63, 3.8) is 0 Å². The lowest BCUT2D eigenvalue weighted by atomic mass is 10.0. The van der Waals surface area contributed by atoms with Crippen LogP contribution in [0.5, 0.6) is 0 Å². The second kappa shape index (κ2) is 5.87. The predicted molar refractivity (Wildman–Crippen MR) is 73.7 cm³/mol. The Labute approximate surface area is 111 Å². The van der Waals surface area contributed by atoms with E-state index in [0.29, 0.717) is 5.76 Å². The summed E-state index contributed by atoms with van der Waals surface area (Å²) in [5.74, 6) is -0.266. The quantitative estimate of drug-likeness (QED) is 0.669. The minimum atomic E-state index is -0.973. The molecule has 19 heavy (non-hydrogen) atoms. The molecule has 3 heteroatoms.